The van der Waals surface area contributed by atoms with Crippen molar-refractivity contribution in [2.45, 2.75) is 19.9 Å². The largest absolute Gasteiger partial charge is 0.495 e. The highest BCUT2D eigenvalue weighted by atomic mass is 32.2. The van der Waals surface area contributed by atoms with Crippen LogP contribution >= 0.6 is 0 Å². The van der Waals surface area contributed by atoms with Gasteiger partial charge >= 0.3 is 0 Å². The number of benzene rings is 2. The number of halogens is 1. The molecule has 0 unspecified atom stereocenters. The lowest BCUT2D eigenvalue weighted by molar-refractivity contribution is -0.116. The molecule has 0 aromatic heterocycles. The van der Waals surface area contributed by atoms with Crippen molar-refractivity contribution in [1.29, 1.82) is 0 Å². The van der Waals surface area contributed by atoms with Crippen molar-refractivity contribution in [2.24, 2.45) is 0 Å². The summed E-state index contributed by atoms with van der Waals surface area (Å²) in [6, 6.07) is 9.24. The monoisotopic (exact) mass is 380 g/mol. The van der Waals surface area contributed by atoms with E-state index in [0.29, 0.717) is 11.4 Å². The highest BCUT2D eigenvalue weighted by molar-refractivity contribution is 7.92. The minimum absolute atomic E-state index is 0.0753. The van der Waals surface area contributed by atoms with Gasteiger partial charge in [0.05, 0.1) is 24.7 Å². The van der Waals surface area contributed by atoms with Crippen molar-refractivity contribution in [2.75, 3.05) is 23.0 Å². The molecule has 26 heavy (non-hydrogen) atoms. The molecule has 2 rings (SSSR count). The summed E-state index contributed by atoms with van der Waals surface area (Å²) in [7, 11) is -2.35. The number of nitrogens with zero attached hydrogens (tertiary/aromatic N) is 1. The first-order chi connectivity index (χ1) is 12.1. The molecule has 8 heteroatoms. The first-order valence-electron chi connectivity index (χ1n) is 7.84. The molecule has 140 valence electrons. The van der Waals surface area contributed by atoms with Crippen LogP contribution in [0.5, 0.6) is 5.75 Å². The SMILES string of the molecule is COc1ccc(C)cc1NC(=O)[C@H](C)N(c1cccc(F)c1)S(C)(=O)=O. The van der Waals surface area contributed by atoms with E-state index in [1.807, 2.05) is 13.0 Å². The van der Waals surface area contributed by atoms with Crippen LogP contribution in [0.4, 0.5) is 15.8 Å². The zero-order valence-electron chi connectivity index (χ0n) is 15.0. The Balaban J connectivity index is 2.36. The zero-order chi connectivity index (χ0) is 19.5. The Morgan fingerprint density at radius 1 is 1.23 bits per heavy atom. The number of aryl methyl sites for hydroxylation is 1. The number of carbonyl (C=O) groups excluding carboxylic acids is 1. The number of rotatable bonds is 6. The second-order valence-corrected chi connectivity index (χ2v) is 7.77. The molecule has 0 aliphatic carbocycles. The number of hydrogen-bond acceptors (Lipinski definition) is 4. The number of amides is 1. The van der Waals surface area contributed by atoms with Crippen LogP contribution in [0.3, 0.4) is 0 Å². The molecular weight excluding hydrogens is 359 g/mol. The van der Waals surface area contributed by atoms with E-state index in [9.17, 15) is 17.6 Å². The molecule has 0 saturated carbocycles. The van der Waals surface area contributed by atoms with E-state index in [1.54, 1.807) is 12.1 Å². The van der Waals surface area contributed by atoms with Gasteiger partial charge in [0.15, 0.2) is 0 Å². The highest BCUT2D eigenvalue weighted by Crippen LogP contribution is 2.27. The van der Waals surface area contributed by atoms with Gasteiger partial charge in [0.2, 0.25) is 15.9 Å². The lowest BCUT2D eigenvalue weighted by Gasteiger charge is -2.28. The summed E-state index contributed by atoms with van der Waals surface area (Å²) in [4.78, 5) is 12.7. The van der Waals surface area contributed by atoms with Crippen LogP contribution in [0.2, 0.25) is 0 Å². The third-order valence-corrected chi connectivity index (χ3v) is 5.01. The minimum atomic E-state index is -3.82. The summed E-state index contributed by atoms with van der Waals surface area (Å²) in [6.45, 7) is 3.29. The van der Waals surface area contributed by atoms with Gasteiger partial charge in [-0.3, -0.25) is 9.10 Å². The average Bonchev–Trinajstić information content (AvgIpc) is 2.54. The second-order valence-electron chi connectivity index (χ2n) is 5.91. The fourth-order valence-corrected chi connectivity index (χ4v) is 3.75. The molecule has 0 aliphatic rings. The van der Waals surface area contributed by atoms with Crippen molar-refractivity contribution in [3.05, 3.63) is 53.8 Å². The van der Waals surface area contributed by atoms with Crippen LogP contribution in [0, 0.1) is 12.7 Å². The number of nitrogens with one attached hydrogen (secondary N) is 1. The lowest BCUT2D eigenvalue weighted by atomic mass is 10.2. The summed E-state index contributed by atoms with van der Waals surface area (Å²) >= 11 is 0. The number of carbonyl (C=O) groups is 1. The van der Waals surface area contributed by atoms with Crippen LogP contribution in [0.25, 0.3) is 0 Å². The van der Waals surface area contributed by atoms with Gasteiger partial charge in [0.25, 0.3) is 0 Å². The van der Waals surface area contributed by atoms with E-state index >= 15 is 0 Å². The number of sulfonamides is 1. The first-order valence-corrected chi connectivity index (χ1v) is 9.69. The van der Waals surface area contributed by atoms with Crippen LogP contribution < -0.4 is 14.4 Å². The predicted octanol–water partition coefficient (Wildman–Crippen LogP) is 2.94. The molecule has 0 heterocycles. The molecule has 6 nitrogen and oxygen atoms in total. The molecule has 0 fully saturated rings. The maximum atomic E-state index is 13.5. The van der Waals surface area contributed by atoms with Gasteiger partial charge in [-0.2, -0.15) is 0 Å². The lowest BCUT2D eigenvalue weighted by Crippen LogP contribution is -2.45. The fourth-order valence-electron chi connectivity index (χ4n) is 2.58. The normalized spacial score (nSPS) is 12.3. The van der Waals surface area contributed by atoms with Crippen LogP contribution in [0.15, 0.2) is 42.5 Å². The summed E-state index contributed by atoms with van der Waals surface area (Å²) in [5.41, 5.74) is 1.40. The van der Waals surface area contributed by atoms with E-state index in [1.165, 1.54) is 32.2 Å². The van der Waals surface area contributed by atoms with Crippen molar-refractivity contribution >= 4 is 27.3 Å². The minimum Gasteiger partial charge on any atom is -0.495 e. The maximum Gasteiger partial charge on any atom is 0.248 e. The Morgan fingerprint density at radius 2 is 1.92 bits per heavy atom. The molecule has 1 N–H and O–H groups in total. The maximum absolute atomic E-state index is 13.5. The van der Waals surface area contributed by atoms with Gasteiger partial charge in [-0.05, 0) is 49.7 Å². The van der Waals surface area contributed by atoms with Gasteiger partial charge in [-0.1, -0.05) is 12.1 Å². The van der Waals surface area contributed by atoms with Crippen LogP contribution in [-0.2, 0) is 14.8 Å². The van der Waals surface area contributed by atoms with E-state index < -0.39 is 27.8 Å². The van der Waals surface area contributed by atoms with Crippen molar-refractivity contribution in [1.82, 2.24) is 0 Å². The number of anilines is 2. The van der Waals surface area contributed by atoms with Gasteiger partial charge in [-0.15, -0.1) is 0 Å². The van der Waals surface area contributed by atoms with Crippen molar-refractivity contribution in [3.8, 4) is 5.75 Å². The summed E-state index contributed by atoms with van der Waals surface area (Å²) in [6.07, 6.45) is 0.967. The molecule has 1 atom stereocenters. The molecule has 0 saturated heterocycles. The van der Waals surface area contributed by atoms with E-state index in [4.69, 9.17) is 4.74 Å². The molecule has 0 bridgehead atoms. The second kappa shape index (κ2) is 7.74. The first kappa shape index (κ1) is 19.7. The Hall–Kier alpha value is -2.61. The van der Waals surface area contributed by atoms with Crippen LogP contribution in [0.1, 0.15) is 12.5 Å². The fraction of sp³-hybridized carbons (Fsp3) is 0.278. The quantitative estimate of drug-likeness (QED) is 0.836. The molecule has 1 amide bonds. The summed E-state index contributed by atoms with van der Waals surface area (Å²) in [5, 5.41) is 2.68. The number of methoxy groups -OCH3 is 1. The molecular formula is C18H21FN2O4S. The van der Waals surface area contributed by atoms with Crippen LogP contribution in [-0.4, -0.2) is 33.7 Å². The molecule has 0 radical (unpaired) electrons. The molecule has 2 aromatic rings. The Kier molecular flexibility index (Phi) is 5.86. The topological polar surface area (TPSA) is 75.7 Å². The standard InChI is InChI=1S/C18H21FN2O4S/c1-12-8-9-17(25-3)16(10-12)20-18(22)13(2)21(26(4,23)24)15-7-5-6-14(19)11-15/h5-11,13H,1-4H3,(H,20,22)/t13-/m0/s1. The van der Waals surface area contributed by atoms with Crippen molar-refractivity contribution < 1.29 is 22.3 Å². The summed E-state index contributed by atoms with van der Waals surface area (Å²) < 4.78 is 44.1. The third kappa shape index (κ3) is 4.51. The molecule has 2 aromatic carbocycles. The van der Waals surface area contributed by atoms with Crippen molar-refractivity contribution in [3.63, 3.8) is 0 Å². The predicted molar refractivity (Wildman–Crippen MR) is 99.5 cm³/mol. The smallest absolute Gasteiger partial charge is 0.248 e. The molecule has 0 spiro atoms. The third-order valence-electron chi connectivity index (χ3n) is 3.76. The van der Waals surface area contributed by atoms with E-state index in [2.05, 4.69) is 5.32 Å². The Bertz CT molecular complexity index is 915. The van der Waals surface area contributed by atoms with Gasteiger partial charge < -0.3 is 10.1 Å². The average molecular weight is 380 g/mol. The van der Waals surface area contributed by atoms with E-state index in [-0.39, 0.29) is 5.69 Å². The van der Waals surface area contributed by atoms with Gasteiger partial charge in [0, 0.05) is 0 Å². The van der Waals surface area contributed by atoms with Gasteiger partial charge in [-0.25, -0.2) is 12.8 Å². The zero-order valence-corrected chi connectivity index (χ0v) is 15.8. The Morgan fingerprint density at radius 3 is 2.50 bits per heavy atom. The van der Waals surface area contributed by atoms with Gasteiger partial charge in [0.1, 0.15) is 17.6 Å². The molecule has 0 aliphatic heterocycles. The number of hydrogen-bond donors (Lipinski definition) is 1. The Labute approximate surface area is 152 Å². The van der Waals surface area contributed by atoms with E-state index in [0.717, 1.165) is 22.2 Å². The summed E-state index contributed by atoms with van der Waals surface area (Å²) in [5.74, 6) is -0.708. The number of ether oxygens (including phenoxy) is 1. The highest BCUT2D eigenvalue weighted by Gasteiger charge is 2.29.